The van der Waals surface area contributed by atoms with E-state index >= 15 is 0 Å². The number of rotatable bonds is 16. The molecule has 9 nitrogen and oxygen atoms in total. The number of hydrogen-bond donors (Lipinski definition) is 3. The van der Waals surface area contributed by atoms with Gasteiger partial charge < -0.3 is 25.6 Å². The second-order valence-electron chi connectivity index (χ2n) is 9.16. The molecule has 0 radical (unpaired) electrons. The summed E-state index contributed by atoms with van der Waals surface area (Å²) in [4.78, 5) is 48.1. The molecule has 0 heterocycles. The van der Waals surface area contributed by atoms with E-state index in [9.17, 15) is 27.6 Å². The monoisotopic (exact) mass is 678 g/mol. The predicted octanol–water partition coefficient (Wildman–Crippen LogP) is 5.04. The molecule has 44 heavy (non-hydrogen) atoms. The molecule has 2 rings (SSSR count). The van der Waals surface area contributed by atoms with E-state index in [0.717, 1.165) is 23.5 Å². The maximum absolute atomic E-state index is 13.7. The Morgan fingerprint density at radius 3 is 2.02 bits per heavy atom. The van der Waals surface area contributed by atoms with Crippen LogP contribution in [0.15, 0.2) is 60.7 Å². The first-order chi connectivity index (χ1) is 20.8. The van der Waals surface area contributed by atoms with Gasteiger partial charge in [0, 0.05) is 29.5 Å². The molecule has 3 unspecified atom stereocenters. The largest absolute Gasteiger partial charge is 0.490 e. The maximum atomic E-state index is 13.7. The van der Waals surface area contributed by atoms with Crippen molar-refractivity contribution in [2.75, 3.05) is 30.6 Å². The number of ether oxygens (including phenoxy) is 2. The minimum Gasteiger partial charge on any atom is -0.475 e. The number of carboxylic acids is 1. The predicted molar refractivity (Wildman–Crippen MR) is 168 cm³/mol. The fourth-order valence-corrected chi connectivity index (χ4v) is 6.55. The average molecular weight is 679 g/mol. The van der Waals surface area contributed by atoms with E-state index in [1.165, 1.54) is 7.11 Å². The lowest BCUT2D eigenvalue weighted by atomic mass is 9.97. The number of alkyl halides is 3. The smallest absolute Gasteiger partial charge is 0.475 e. The molecule has 2 aromatic carbocycles. The quantitative estimate of drug-likeness (QED) is 0.0951. The summed E-state index contributed by atoms with van der Waals surface area (Å²) in [7, 11) is 4.40. The molecule has 244 valence electrons. The third-order valence-electron chi connectivity index (χ3n) is 5.77. The zero-order valence-electron chi connectivity index (χ0n) is 24.5. The number of hydrogen-bond acceptors (Lipinski definition) is 10. The van der Waals surface area contributed by atoms with E-state index in [4.69, 9.17) is 25.1 Å². The van der Waals surface area contributed by atoms with Crippen molar-refractivity contribution >= 4 is 57.2 Å². The summed E-state index contributed by atoms with van der Waals surface area (Å²) in [6.07, 6.45) is -1.61. The first-order valence-corrected chi connectivity index (χ1v) is 17.2. The van der Waals surface area contributed by atoms with E-state index in [0.29, 0.717) is 17.7 Å². The van der Waals surface area contributed by atoms with Crippen LogP contribution < -0.4 is 11.1 Å². The minimum atomic E-state index is -5.08. The van der Waals surface area contributed by atoms with Gasteiger partial charge in [-0.1, -0.05) is 89.2 Å². The Morgan fingerprint density at radius 1 is 0.977 bits per heavy atom. The highest BCUT2D eigenvalue weighted by atomic mass is 33.1. The number of methoxy groups -OCH3 is 1. The standard InChI is InChI=1S/C27H36N2O5S3.C2HF3O2/c1-4-24(30)34-27(26(32)33-2,22-13-9-6-10-14-22)29-25(31)21(17-20-11-7-5-8-12-20)18-36-37-19-23(28)15-16-35-3;3-2(4,5)1(6)7/h5-14,21,23H,4,15-19,28H2,1-3H3,(H,29,31);(H,6,7). The summed E-state index contributed by atoms with van der Waals surface area (Å²) in [6, 6.07) is 18.2. The van der Waals surface area contributed by atoms with Crippen LogP contribution in [0.2, 0.25) is 0 Å². The Kier molecular flexibility index (Phi) is 18.0. The number of carboxylic acid groups (broad SMARTS) is 1. The molecular weight excluding hydrogens is 642 g/mol. The first kappa shape index (κ1) is 39.1. The van der Waals surface area contributed by atoms with Crippen LogP contribution in [0.1, 0.15) is 30.9 Å². The zero-order chi connectivity index (χ0) is 33.2. The van der Waals surface area contributed by atoms with Gasteiger partial charge in [0.15, 0.2) is 0 Å². The van der Waals surface area contributed by atoms with Gasteiger partial charge in [0.05, 0.1) is 13.0 Å². The molecule has 0 aliphatic carbocycles. The van der Waals surface area contributed by atoms with Crippen LogP contribution in [0.25, 0.3) is 0 Å². The fourth-order valence-electron chi connectivity index (χ4n) is 3.45. The lowest BCUT2D eigenvalue weighted by Crippen LogP contribution is -2.57. The normalized spacial score (nSPS) is 13.7. The van der Waals surface area contributed by atoms with Crippen LogP contribution in [-0.2, 0) is 40.8 Å². The number of carbonyl (C=O) groups excluding carboxylic acids is 3. The van der Waals surface area contributed by atoms with Crippen molar-refractivity contribution in [3.63, 3.8) is 0 Å². The van der Waals surface area contributed by atoms with E-state index in [1.807, 2.05) is 30.3 Å². The van der Waals surface area contributed by atoms with Crippen molar-refractivity contribution in [2.24, 2.45) is 11.7 Å². The lowest BCUT2D eigenvalue weighted by molar-refractivity contribution is -0.192. The molecule has 2 aromatic rings. The lowest BCUT2D eigenvalue weighted by Gasteiger charge is -2.33. The highest BCUT2D eigenvalue weighted by Crippen LogP contribution is 2.30. The van der Waals surface area contributed by atoms with Gasteiger partial charge >= 0.3 is 29.8 Å². The van der Waals surface area contributed by atoms with Gasteiger partial charge in [0.1, 0.15) is 0 Å². The molecular formula is C29H37F3N2O7S3. The third kappa shape index (κ3) is 13.8. The van der Waals surface area contributed by atoms with Gasteiger partial charge in [-0.05, 0) is 30.4 Å². The Morgan fingerprint density at radius 2 is 1.52 bits per heavy atom. The molecule has 0 aliphatic rings. The van der Waals surface area contributed by atoms with Gasteiger partial charge in [0.25, 0.3) is 0 Å². The van der Waals surface area contributed by atoms with Crippen molar-refractivity contribution in [1.29, 1.82) is 0 Å². The molecule has 0 fully saturated rings. The van der Waals surface area contributed by atoms with Crippen LogP contribution in [0, 0.1) is 5.92 Å². The summed E-state index contributed by atoms with van der Waals surface area (Å²) in [6.45, 7) is 1.62. The number of thioether (sulfide) groups is 1. The van der Waals surface area contributed by atoms with Crippen LogP contribution in [0.3, 0.4) is 0 Å². The number of aliphatic carboxylic acids is 1. The van der Waals surface area contributed by atoms with E-state index in [2.05, 4.69) is 11.6 Å². The van der Waals surface area contributed by atoms with Gasteiger partial charge in [-0.3, -0.25) is 9.59 Å². The molecule has 15 heteroatoms. The summed E-state index contributed by atoms with van der Waals surface area (Å²) < 4.78 is 42.4. The molecule has 4 N–H and O–H groups in total. The molecule has 0 saturated carbocycles. The summed E-state index contributed by atoms with van der Waals surface area (Å²) in [5.41, 5.74) is 5.39. The molecule has 0 bridgehead atoms. The molecule has 3 atom stereocenters. The van der Waals surface area contributed by atoms with Gasteiger partial charge in [-0.2, -0.15) is 24.9 Å². The summed E-state index contributed by atoms with van der Waals surface area (Å²) in [5.74, 6) is -2.93. The highest BCUT2D eigenvalue weighted by Gasteiger charge is 2.48. The molecule has 0 saturated heterocycles. The fraction of sp³-hybridized carbons (Fsp3) is 0.448. The molecule has 0 aromatic heterocycles. The van der Waals surface area contributed by atoms with Crippen LogP contribution >= 0.6 is 33.3 Å². The highest BCUT2D eigenvalue weighted by molar-refractivity contribution is 8.76. The Balaban J connectivity index is 0.00000123. The SMILES string of the molecule is CCC(=O)OC(NC(=O)C(CSSCC(N)CCSC)Cc1ccccc1)(C(=O)OC)c1ccccc1.O=C(O)C(F)(F)F. The van der Waals surface area contributed by atoms with Crippen LogP contribution in [0.4, 0.5) is 13.2 Å². The van der Waals surface area contributed by atoms with E-state index in [1.54, 1.807) is 70.6 Å². The number of benzene rings is 2. The third-order valence-corrected chi connectivity index (χ3v) is 9.00. The summed E-state index contributed by atoms with van der Waals surface area (Å²) in [5, 5.41) is 9.88. The number of nitrogens with one attached hydrogen (secondary N) is 1. The van der Waals surface area contributed by atoms with Crippen LogP contribution in [0.5, 0.6) is 0 Å². The van der Waals surface area contributed by atoms with Gasteiger partial charge in [-0.25, -0.2) is 9.59 Å². The average Bonchev–Trinajstić information content (AvgIpc) is 3.01. The Bertz CT molecular complexity index is 1180. The van der Waals surface area contributed by atoms with Gasteiger partial charge in [0.2, 0.25) is 5.91 Å². The zero-order valence-corrected chi connectivity index (χ0v) is 27.0. The van der Waals surface area contributed by atoms with Gasteiger partial charge in [-0.15, -0.1) is 0 Å². The van der Waals surface area contributed by atoms with E-state index in [-0.39, 0.29) is 12.5 Å². The topological polar surface area (TPSA) is 145 Å². The van der Waals surface area contributed by atoms with Crippen molar-refractivity contribution in [1.82, 2.24) is 5.32 Å². The second-order valence-corrected chi connectivity index (χ2v) is 12.7. The van der Waals surface area contributed by atoms with Crippen molar-refractivity contribution in [3.8, 4) is 0 Å². The number of nitrogens with two attached hydrogens (primary N) is 1. The van der Waals surface area contributed by atoms with Crippen molar-refractivity contribution in [2.45, 2.75) is 44.1 Å². The maximum Gasteiger partial charge on any atom is 0.490 e. The second kappa shape index (κ2) is 20.2. The first-order valence-electron chi connectivity index (χ1n) is 13.3. The number of halogens is 3. The molecule has 0 spiro atoms. The number of amides is 1. The number of carbonyl (C=O) groups is 4. The molecule has 1 amide bonds. The Hall–Kier alpha value is -2.88. The Labute approximate surface area is 267 Å². The van der Waals surface area contributed by atoms with E-state index < -0.39 is 41.6 Å². The molecule has 0 aliphatic heterocycles. The number of esters is 2. The van der Waals surface area contributed by atoms with Crippen molar-refractivity contribution < 1.29 is 46.9 Å². The summed E-state index contributed by atoms with van der Waals surface area (Å²) >= 11 is 1.77. The minimum absolute atomic E-state index is 0.0260. The van der Waals surface area contributed by atoms with Crippen molar-refractivity contribution in [3.05, 3.63) is 71.8 Å². The van der Waals surface area contributed by atoms with Crippen LogP contribution in [-0.4, -0.2) is 71.8 Å².